The van der Waals surface area contributed by atoms with Crippen LogP contribution in [0.15, 0.2) is 24.3 Å². The van der Waals surface area contributed by atoms with Crippen molar-refractivity contribution >= 4 is 33.9 Å². The summed E-state index contributed by atoms with van der Waals surface area (Å²) < 4.78 is 0. The minimum atomic E-state index is 0.712. The summed E-state index contributed by atoms with van der Waals surface area (Å²) in [6.45, 7) is 6.29. The largest absolute Gasteiger partial charge is 0.361 e. The van der Waals surface area contributed by atoms with Crippen molar-refractivity contribution in [1.82, 2.24) is 20.5 Å². The standard InChI is InChI=1S/C20H27N5S/c26-20(22-11-14-25-12-9-21-10-13-25)24-19-15-5-1-3-7-17(15)23-18-8-4-2-6-16(18)19/h1,3,5,7,21H,2,4,6,8-14H2,(H2,22,23,24,26). The number of aryl methyl sites for hydroxylation is 1. The van der Waals surface area contributed by atoms with Gasteiger partial charge in [-0.15, -0.1) is 0 Å². The van der Waals surface area contributed by atoms with Crippen molar-refractivity contribution in [2.24, 2.45) is 0 Å². The Morgan fingerprint density at radius 2 is 1.96 bits per heavy atom. The molecule has 0 atom stereocenters. The molecule has 26 heavy (non-hydrogen) atoms. The van der Waals surface area contributed by atoms with Crippen LogP contribution in [0.3, 0.4) is 0 Å². The number of hydrogen-bond donors (Lipinski definition) is 3. The molecule has 0 spiro atoms. The fourth-order valence-corrected chi connectivity index (χ4v) is 4.14. The molecule has 3 N–H and O–H groups in total. The van der Waals surface area contributed by atoms with E-state index in [2.05, 4.69) is 45.1 Å². The minimum absolute atomic E-state index is 0.712. The summed E-state index contributed by atoms with van der Waals surface area (Å²) >= 11 is 5.60. The van der Waals surface area contributed by atoms with Gasteiger partial charge in [0, 0.05) is 50.3 Å². The second-order valence-electron chi connectivity index (χ2n) is 7.11. The van der Waals surface area contributed by atoms with Crippen molar-refractivity contribution in [3.05, 3.63) is 35.5 Å². The maximum Gasteiger partial charge on any atom is 0.170 e. The highest BCUT2D eigenvalue weighted by atomic mass is 32.1. The molecule has 1 aliphatic heterocycles. The van der Waals surface area contributed by atoms with E-state index in [-0.39, 0.29) is 0 Å². The van der Waals surface area contributed by atoms with Crippen molar-refractivity contribution in [2.45, 2.75) is 25.7 Å². The highest BCUT2D eigenvalue weighted by Gasteiger charge is 2.18. The van der Waals surface area contributed by atoms with Gasteiger partial charge in [-0.3, -0.25) is 9.88 Å². The van der Waals surface area contributed by atoms with E-state index < -0.39 is 0 Å². The Labute approximate surface area is 160 Å². The van der Waals surface area contributed by atoms with Gasteiger partial charge < -0.3 is 16.0 Å². The highest BCUT2D eigenvalue weighted by Crippen LogP contribution is 2.33. The first-order valence-corrected chi connectivity index (χ1v) is 10.1. The molecule has 1 saturated heterocycles. The lowest BCUT2D eigenvalue weighted by atomic mass is 9.93. The first-order valence-electron chi connectivity index (χ1n) is 9.70. The Balaban J connectivity index is 1.46. The van der Waals surface area contributed by atoms with Crippen molar-refractivity contribution < 1.29 is 0 Å². The first-order chi connectivity index (χ1) is 12.8. The zero-order valence-corrected chi connectivity index (χ0v) is 16.0. The third-order valence-corrected chi connectivity index (χ3v) is 5.58. The average molecular weight is 370 g/mol. The smallest absolute Gasteiger partial charge is 0.170 e. The third kappa shape index (κ3) is 3.98. The lowest BCUT2D eigenvalue weighted by Crippen LogP contribution is -2.46. The van der Waals surface area contributed by atoms with Crippen LogP contribution in [0.5, 0.6) is 0 Å². The van der Waals surface area contributed by atoms with Crippen LogP contribution < -0.4 is 16.0 Å². The van der Waals surface area contributed by atoms with E-state index in [4.69, 9.17) is 17.2 Å². The molecule has 1 aromatic carbocycles. The number of pyridine rings is 1. The second kappa shape index (κ2) is 8.29. The van der Waals surface area contributed by atoms with E-state index in [1.54, 1.807) is 0 Å². The molecule has 1 fully saturated rings. The van der Waals surface area contributed by atoms with Crippen molar-refractivity contribution in [3.8, 4) is 0 Å². The Morgan fingerprint density at radius 1 is 1.15 bits per heavy atom. The molecule has 5 nitrogen and oxygen atoms in total. The fourth-order valence-electron chi connectivity index (χ4n) is 3.94. The van der Waals surface area contributed by atoms with Crippen molar-refractivity contribution in [2.75, 3.05) is 44.6 Å². The number of aromatic nitrogens is 1. The molecule has 6 heteroatoms. The number of rotatable bonds is 4. The van der Waals surface area contributed by atoms with Gasteiger partial charge >= 0.3 is 0 Å². The van der Waals surface area contributed by atoms with E-state index in [0.29, 0.717) is 5.11 Å². The predicted molar refractivity (Wildman–Crippen MR) is 112 cm³/mol. The summed E-state index contributed by atoms with van der Waals surface area (Å²) in [6, 6.07) is 8.36. The van der Waals surface area contributed by atoms with Gasteiger partial charge in [0.05, 0.1) is 11.2 Å². The zero-order chi connectivity index (χ0) is 17.8. The molecular formula is C20H27N5S. The lowest BCUT2D eigenvalue weighted by molar-refractivity contribution is 0.245. The van der Waals surface area contributed by atoms with Gasteiger partial charge in [0.15, 0.2) is 5.11 Å². The second-order valence-corrected chi connectivity index (χ2v) is 7.52. The third-order valence-electron chi connectivity index (χ3n) is 5.33. The summed E-state index contributed by atoms with van der Waals surface area (Å²) in [5.74, 6) is 0. The SMILES string of the molecule is S=C(NCCN1CCNCC1)Nc1c2c(nc3ccccc13)CCCC2. The number of fused-ring (bicyclic) bond motifs is 2. The van der Waals surface area contributed by atoms with E-state index in [1.807, 2.05) is 0 Å². The molecule has 0 bridgehead atoms. The molecule has 0 radical (unpaired) electrons. The summed E-state index contributed by atoms with van der Waals surface area (Å²) in [5.41, 5.74) is 4.80. The Morgan fingerprint density at radius 3 is 2.85 bits per heavy atom. The van der Waals surface area contributed by atoms with E-state index in [0.717, 1.165) is 63.3 Å². The van der Waals surface area contributed by atoms with Crippen LogP contribution in [0.4, 0.5) is 5.69 Å². The van der Waals surface area contributed by atoms with Gasteiger partial charge in [-0.05, 0) is 49.5 Å². The van der Waals surface area contributed by atoms with E-state index >= 15 is 0 Å². The van der Waals surface area contributed by atoms with Crippen LogP contribution in [0.2, 0.25) is 0 Å². The van der Waals surface area contributed by atoms with Crippen molar-refractivity contribution in [1.29, 1.82) is 0 Å². The Hall–Kier alpha value is -1.76. The van der Waals surface area contributed by atoms with Gasteiger partial charge in [0.2, 0.25) is 0 Å². The number of benzene rings is 1. The number of anilines is 1. The van der Waals surface area contributed by atoms with Crippen LogP contribution in [0, 0.1) is 0 Å². The van der Waals surface area contributed by atoms with Crippen LogP contribution in [-0.2, 0) is 12.8 Å². The molecule has 0 amide bonds. The molecule has 0 unspecified atom stereocenters. The number of nitrogens with one attached hydrogen (secondary N) is 3. The summed E-state index contributed by atoms with van der Waals surface area (Å²) in [7, 11) is 0. The molecule has 4 rings (SSSR count). The number of hydrogen-bond acceptors (Lipinski definition) is 4. The molecule has 138 valence electrons. The molecular weight excluding hydrogens is 342 g/mol. The quantitative estimate of drug-likeness (QED) is 0.719. The molecule has 2 aliphatic rings. The van der Waals surface area contributed by atoms with Crippen LogP contribution in [0.25, 0.3) is 10.9 Å². The maximum absolute atomic E-state index is 5.60. The number of nitrogens with zero attached hydrogens (tertiary/aromatic N) is 2. The topological polar surface area (TPSA) is 52.2 Å². The van der Waals surface area contributed by atoms with Gasteiger partial charge in [0.1, 0.15) is 0 Å². The van der Waals surface area contributed by atoms with Gasteiger partial charge in [-0.2, -0.15) is 0 Å². The maximum atomic E-state index is 5.60. The number of thiocarbonyl (C=S) groups is 1. The average Bonchev–Trinajstić information content (AvgIpc) is 2.68. The lowest BCUT2D eigenvalue weighted by Gasteiger charge is -2.27. The number of para-hydroxylation sites is 1. The molecule has 1 aliphatic carbocycles. The van der Waals surface area contributed by atoms with Crippen molar-refractivity contribution in [3.63, 3.8) is 0 Å². The number of piperazine rings is 1. The summed E-state index contributed by atoms with van der Waals surface area (Å²) in [6.07, 6.45) is 4.60. The van der Waals surface area contributed by atoms with E-state index in [9.17, 15) is 0 Å². The first kappa shape index (κ1) is 17.6. The van der Waals surface area contributed by atoms with Crippen LogP contribution >= 0.6 is 12.2 Å². The Bertz CT molecular complexity index is 785. The summed E-state index contributed by atoms with van der Waals surface area (Å²) in [5, 5.41) is 12.2. The Kier molecular flexibility index (Phi) is 5.62. The van der Waals surface area contributed by atoms with Gasteiger partial charge in [0.25, 0.3) is 0 Å². The zero-order valence-electron chi connectivity index (χ0n) is 15.2. The molecule has 2 heterocycles. The highest BCUT2D eigenvalue weighted by molar-refractivity contribution is 7.80. The van der Waals surface area contributed by atoms with Crippen LogP contribution in [0.1, 0.15) is 24.1 Å². The van der Waals surface area contributed by atoms with E-state index in [1.165, 1.54) is 29.5 Å². The summed E-state index contributed by atoms with van der Waals surface area (Å²) in [4.78, 5) is 7.36. The van der Waals surface area contributed by atoms with Gasteiger partial charge in [-0.1, -0.05) is 18.2 Å². The fraction of sp³-hybridized carbons (Fsp3) is 0.500. The van der Waals surface area contributed by atoms with Crippen LogP contribution in [-0.4, -0.2) is 54.3 Å². The minimum Gasteiger partial charge on any atom is -0.361 e. The van der Waals surface area contributed by atoms with Gasteiger partial charge in [-0.25, -0.2) is 0 Å². The molecule has 0 saturated carbocycles. The normalized spacial score (nSPS) is 17.7. The predicted octanol–water partition coefficient (Wildman–Crippen LogP) is 2.31. The molecule has 2 aromatic rings. The monoisotopic (exact) mass is 369 g/mol. The molecule has 1 aromatic heterocycles.